The molecule has 2 unspecified atom stereocenters. The first kappa shape index (κ1) is 38.7. The summed E-state index contributed by atoms with van der Waals surface area (Å²) in [5.74, 6) is -2.04. The summed E-state index contributed by atoms with van der Waals surface area (Å²) < 4.78 is 22.8. The molecule has 0 radical (unpaired) electrons. The molecule has 264 valence electrons. The molecular weight excluding hydrogens is 713 g/mol. The van der Waals surface area contributed by atoms with Crippen molar-refractivity contribution in [3.8, 4) is 11.5 Å². The first-order valence-electron chi connectivity index (χ1n) is 15.4. The maximum atomic E-state index is 12.2. The number of ether oxygens (including phenoxy) is 4. The number of thioether (sulfide) groups is 2. The number of aliphatic carboxylic acids is 2. The molecule has 0 spiro atoms. The number of carbonyl (C=O) groups excluding carboxylic acids is 2. The van der Waals surface area contributed by atoms with E-state index in [0.29, 0.717) is 23.0 Å². The van der Waals surface area contributed by atoms with Gasteiger partial charge in [-0.25, -0.2) is 19.2 Å². The maximum Gasteiger partial charge on any atom is 0.331 e. The molecule has 0 fully saturated rings. The van der Waals surface area contributed by atoms with E-state index in [9.17, 15) is 19.2 Å². The van der Waals surface area contributed by atoms with Crippen molar-refractivity contribution in [3.05, 3.63) is 133 Å². The standard InChI is InChI=1S/C38H34O10S3/c39-35(40)19-21-37(43)47-29(25-49-31-7-3-1-4-8-31)23-45-27-11-15-33(16-12-27)51-34-17-13-28(14-18-34)46-24-30(48-38(44)22-20-36(41)42)26-50-32-9-5-2-6-10-32/h1-22,29-30H,23-26H2,(H,39,40)(H,41,42). The minimum atomic E-state index is -1.24. The van der Waals surface area contributed by atoms with E-state index >= 15 is 0 Å². The van der Waals surface area contributed by atoms with Gasteiger partial charge in [-0.1, -0.05) is 48.2 Å². The average Bonchev–Trinajstić information content (AvgIpc) is 3.14. The Bertz CT molecular complexity index is 1630. The molecule has 0 bridgehead atoms. The van der Waals surface area contributed by atoms with Crippen molar-refractivity contribution in [1.29, 1.82) is 0 Å². The molecule has 51 heavy (non-hydrogen) atoms. The summed E-state index contributed by atoms with van der Waals surface area (Å²) >= 11 is 4.52. The van der Waals surface area contributed by atoms with Crippen LogP contribution < -0.4 is 9.47 Å². The quantitative estimate of drug-likeness (QED) is 0.0531. The lowest BCUT2D eigenvalue weighted by Gasteiger charge is -2.18. The van der Waals surface area contributed by atoms with E-state index in [1.54, 1.807) is 0 Å². The SMILES string of the molecule is O=C(O)C=CC(=O)OC(COc1ccc(Sc2ccc(OCC(CSc3ccccc3)OC(=O)C=CC(=O)O)cc2)cc1)CSc1ccccc1. The molecule has 0 amide bonds. The van der Waals surface area contributed by atoms with E-state index in [2.05, 4.69) is 0 Å². The lowest BCUT2D eigenvalue weighted by molar-refractivity contribution is -0.144. The summed E-state index contributed by atoms with van der Waals surface area (Å²) in [6.45, 7) is 0.148. The number of carboxylic acids is 2. The summed E-state index contributed by atoms with van der Waals surface area (Å²) in [4.78, 5) is 49.8. The third kappa shape index (κ3) is 15.5. The Labute approximate surface area is 307 Å². The number of esters is 2. The van der Waals surface area contributed by atoms with Crippen LogP contribution in [0.4, 0.5) is 0 Å². The van der Waals surface area contributed by atoms with Gasteiger partial charge in [0.05, 0.1) is 0 Å². The molecule has 0 aliphatic rings. The predicted molar refractivity (Wildman–Crippen MR) is 196 cm³/mol. The van der Waals surface area contributed by atoms with Crippen LogP contribution in [0.15, 0.2) is 153 Å². The number of rotatable bonds is 20. The molecule has 0 aromatic heterocycles. The van der Waals surface area contributed by atoms with Gasteiger partial charge in [0.1, 0.15) is 36.9 Å². The maximum absolute atomic E-state index is 12.2. The fraction of sp³-hybridized carbons (Fsp3) is 0.158. The minimum Gasteiger partial charge on any atom is -0.490 e. The highest BCUT2D eigenvalue weighted by atomic mass is 32.2. The second kappa shape index (κ2) is 21.2. The van der Waals surface area contributed by atoms with Crippen molar-refractivity contribution in [2.45, 2.75) is 31.8 Å². The van der Waals surface area contributed by atoms with Gasteiger partial charge >= 0.3 is 23.9 Å². The summed E-state index contributed by atoms with van der Waals surface area (Å²) in [6.07, 6.45) is 1.95. The van der Waals surface area contributed by atoms with Crippen molar-refractivity contribution in [1.82, 2.24) is 0 Å². The van der Waals surface area contributed by atoms with Gasteiger partial charge < -0.3 is 29.2 Å². The molecule has 0 aliphatic heterocycles. The fourth-order valence-electron chi connectivity index (χ4n) is 4.05. The zero-order valence-corrected chi connectivity index (χ0v) is 29.5. The fourth-order valence-corrected chi connectivity index (χ4v) is 6.65. The smallest absolute Gasteiger partial charge is 0.331 e. The number of carbonyl (C=O) groups is 4. The Morgan fingerprint density at radius 3 is 1.24 bits per heavy atom. The molecule has 2 N–H and O–H groups in total. The normalized spacial score (nSPS) is 12.2. The lowest BCUT2D eigenvalue weighted by atomic mass is 10.3. The number of carboxylic acid groups (broad SMARTS) is 2. The topological polar surface area (TPSA) is 146 Å². The van der Waals surface area contributed by atoms with Crippen LogP contribution in [-0.4, -0.2) is 71.0 Å². The summed E-state index contributed by atoms with van der Waals surface area (Å²) in [6, 6.07) is 34.1. The second-order valence-corrected chi connectivity index (χ2v) is 13.7. The van der Waals surface area contributed by atoms with Crippen LogP contribution in [0.5, 0.6) is 11.5 Å². The van der Waals surface area contributed by atoms with Crippen molar-refractivity contribution in [2.24, 2.45) is 0 Å². The zero-order chi connectivity index (χ0) is 36.3. The van der Waals surface area contributed by atoms with Crippen molar-refractivity contribution in [3.63, 3.8) is 0 Å². The summed E-state index contributed by atoms with van der Waals surface area (Å²) in [5, 5.41) is 17.6. The Morgan fingerprint density at radius 1 is 0.510 bits per heavy atom. The van der Waals surface area contributed by atoms with Crippen LogP contribution in [0, 0.1) is 0 Å². The molecule has 2 atom stereocenters. The molecule has 10 nitrogen and oxygen atoms in total. The minimum absolute atomic E-state index is 0.0739. The van der Waals surface area contributed by atoms with Crippen LogP contribution in [0.3, 0.4) is 0 Å². The third-order valence-corrected chi connectivity index (χ3v) is 9.71. The van der Waals surface area contributed by atoms with Gasteiger partial charge in [-0.15, -0.1) is 23.5 Å². The highest BCUT2D eigenvalue weighted by molar-refractivity contribution is 7.99. The monoisotopic (exact) mass is 746 g/mol. The number of benzene rings is 4. The largest absolute Gasteiger partial charge is 0.490 e. The molecular formula is C38H34O10S3. The van der Waals surface area contributed by atoms with E-state index in [4.69, 9.17) is 29.2 Å². The van der Waals surface area contributed by atoms with Gasteiger partial charge in [0.25, 0.3) is 0 Å². The Kier molecular flexibility index (Phi) is 16.1. The average molecular weight is 747 g/mol. The van der Waals surface area contributed by atoms with Crippen LogP contribution >= 0.6 is 35.3 Å². The Morgan fingerprint density at radius 2 is 0.882 bits per heavy atom. The lowest BCUT2D eigenvalue weighted by Crippen LogP contribution is -2.27. The van der Waals surface area contributed by atoms with E-state index < -0.39 is 36.1 Å². The van der Waals surface area contributed by atoms with Crippen molar-refractivity contribution < 1.29 is 48.3 Å². The van der Waals surface area contributed by atoms with Crippen molar-refractivity contribution >= 4 is 59.2 Å². The van der Waals surface area contributed by atoms with E-state index in [1.165, 1.54) is 35.3 Å². The van der Waals surface area contributed by atoms with Crippen LogP contribution in [0.1, 0.15) is 0 Å². The van der Waals surface area contributed by atoms with Crippen LogP contribution in [-0.2, 0) is 28.7 Å². The third-order valence-electron chi connectivity index (χ3n) is 6.40. The van der Waals surface area contributed by atoms with E-state index in [-0.39, 0.29) is 13.2 Å². The Hall–Kier alpha value is -5.11. The summed E-state index contributed by atoms with van der Waals surface area (Å²) in [7, 11) is 0. The van der Waals surface area contributed by atoms with Gasteiger partial charge in [-0.2, -0.15) is 0 Å². The van der Waals surface area contributed by atoms with E-state index in [1.807, 2.05) is 109 Å². The molecule has 0 heterocycles. The molecule has 4 aromatic rings. The van der Waals surface area contributed by atoms with Gasteiger partial charge in [-0.3, -0.25) is 0 Å². The predicted octanol–water partition coefficient (Wildman–Crippen LogP) is 7.29. The van der Waals surface area contributed by atoms with Crippen LogP contribution in [0.25, 0.3) is 0 Å². The van der Waals surface area contributed by atoms with Gasteiger partial charge in [-0.05, 0) is 72.8 Å². The first-order chi connectivity index (χ1) is 24.7. The van der Waals surface area contributed by atoms with Crippen molar-refractivity contribution in [2.75, 3.05) is 24.7 Å². The second-order valence-electron chi connectivity index (χ2n) is 10.4. The van der Waals surface area contributed by atoms with E-state index in [0.717, 1.165) is 43.9 Å². The molecule has 0 saturated heterocycles. The first-order valence-corrected chi connectivity index (χ1v) is 18.2. The zero-order valence-electron chi connectivity index (χ0n) is 27.1. The molecule has 4 rings (SSSR count). The van der Waals surface area contributed by atoms with Gasteiger partial charge in [0, 0.05) is 55.4 Å². The van der Waals surface area contributed by atoms with Gasteiger partial charge in [0.2, 0.25) is 0 Å². The molecule has 0 aliphatic carbocycles. The van der Waals surface area contributed by atoms with Gasteiger partial charge in [0.15, 0.2) is 0 Å². The summed E-state index contributed by atoms with van der Waals surface area (Å²) in [5.41, 5.74) is 0. The molecule has 0 saturated carbocycles. The molecule has 13 heteroatoms. The highest BCUT2D eigenvalue weighted by Gasteiger charge is 2.17. The highest BCUT2D eigenvalue weighted by Crippen LogP contribution is 2.31. The number of hydrogen-bond acceptors (Lipinski definition) is 11. The van der Waals surface area contributed by atoms with Crippen LogP contribution in [0.2, 0.25) is 0 Å². The molecule has 4 aromatic carbocycles. The number of hydrogen-bond donors (Lipinski definition) is 2. The Balaban J connectivity index is 1.28.